The lowest BCUT2D eigenvalue weighted by atomic mass is 9.57. The predicted molar refractivity (Wildman–Crippen MR) is 91.3 cm³/mol. The highest BCUT2D eigenvalue weighted by molar-refractivity contribution is 5.59. The van der Waals surface area contributed by atoms with Crippen LogP contribution < -0.4 is 5.73 Å². The molecule has 0 saturated heterocycles. The lowest BCUT2D eigenvalue weighted by Gasteiger charge is -2.43. The standard InChI is InChI=1S/C19H20N6/c1-3-25-12(2)16(9-24-25)17-14-7-5-4-6-13(14)15(8-20)18(23)19(17,10-21)11-22/h6,9,14,17H,3-5,7,23H2,1-2H3/t14-,17-/m1/s1. The molecule has 0 spiro atoms. The Morgan fingerprint density at radius 1 is 1.36 bits per heavy atom. The molecule has 25 heavy (non-hydrogen) atoms. The Balaban J connectivity index is 2.34. The van der Waals surface area contributed by atoms with Gasteiger partial charge in [0.05, 0.1) is 29.6 Å². The van der Waals surface area contributed by atoms with Gasteiger partial charge in [0.2, 0.25) is 0 Å². The first-order chi connectivity index (χ1) is 12.1. The number of rotatable bonds is 2. The van der Waals surface area contributed by atoms with E-state index in [0.29, 0.717) is 12.1 Å². The second-order valence-electron chi connectivity index (χ2n) is 6.61. The van der Waals surface area contributed by atoms with Crippen molar-refractivity contribution in [3.05, 3.63) is 40.4 Å². The predicted octanol–water partition coefficient (Wildman–Crippen LogP) is 2.81. The molecule has 0 unspecified atom stereocenters. The van der Waals surface area contributed by atoms with Crippen molar-refractivity contribution in [1.29, 1.82) is 15.8 Å². The van der Waals surface area contributed by atoms with Crippen LogP contribution in [0.2, 0.25) is 0 Å². The number of hydrogen-bond donors (Lipinski definition) is 1. The van der Waals surface area contributed by atoms with E-state index >= 15 is 0 Å². The summed E-state index contributed by atoms with van der Waals surface area (Å²) in [6.07, 6.45) is 6.49. The van der Waals surface area contributed by atoms with E-state index in [2.05, 4.69) is 23.3 Å². The molecular weight excluding hydrogens is 312 g/mol. The fourth-order valence-corrected chi connectivity index (χ4v) is 4.30. The van der Waals surface area contributed by atoms with E-state index < -0.39 is 11.3 Å². The first-order valence-corrected chi connectivity index (χ1v) is 8.51. The monoisotopic (exact) mass is 332 g/mol. The van der Waals surface area contributed by atoms with E-state index in [-0.39, 0.29) is 11.6 Å². The molecule has 2 atom stereocenters. The van der Waals surface area contributed by atoms with Crippen LogP contribution in [-0.4, -0.2) is 9.78 Å². The zero-order valence-electron chi connectivity index (χ0n) is 14.5. The second-order valence-corrected chi connectivity index (χ2v) is 6.61. The van der Waals surface area contributed by atoms with Crippen LogP contribution in [0.1, 0.15) is 43.4 Å². The molecule has 1 aromatic heterocycles. The average Bonchev–Trinajstić information content (AvgIpc) is 3.01. The van der Waals surface area contributed by atoms with Gasteiger partial charge in [0, 0.05) is 18.2 Å². The zero-order valence-corrected chi connectivity index (χ0v) is 14.5. The van der Waals surface area contributed by atoms with Gasteiger partial charge >= 0.3 is 0 Å². The first kappa shape index (κ1) is 16.8. The fraction of sp³-hybridized carbons (Fsp3) is 0.474. The SMILES string of the molecule is CCn1ncc([C@H]2[C@@H]3CCCC=C3C(C#N)=C(N)C2(C#N)C#N)c1C. The maximum atomic E-state index is 9.96. The minimum absolute atomic E-state index is 0.0665. The van der Waals surface area contributed by atoms with Crippen molar-refractivity contribution in [1.82, 2.24) is 9.78 Å². The molecule has 2 aliphatic carbocycles. The summed E-state index contributed by atoms with van der Waals surface area (Å²) >= 11 is 0. The molecule has 1 aromatic rings. The molecule has 0 amide bonds. The van der Waals surface area contributed by atoms with Crippen molar-refractivity contribution >= 4 is 0 Å². The Hall–Kier alpha value is -3.04. The molecule has 0 bridgehead atoms. The number of fused-ring (bicyclic) bond motifs is 1. The summed E-state index contributed by atoms with van der Waals surface area (Å²) in [6, 6.07) is 6.46. The zero-order chi connectivity index (χ0) is 18.2. The number of nitriles is 3. The summed E-state index contributed by atoms with van der Waals surface area (Å²) in [5.74, 6) is -0.477. The average molecular weight is 332 g/mol. The highest BCUT2D eigenvalue weighted by atomic mass is 15.3. The van der Waals surface area contributed by atoms with Crippen LogP contribution in [0.3, 0.4) is 0 Å². The molecular formula is C19H20N6. The highest BCUT2D eigenvalue weighted by Crippen LogP contribution is 2.56. The number of hydrogen-bond acceptors (Lipinski definition) is 5. The largest absolute Gasteiger partial charge is 0.399 e. The molecule has 6 nitrogen and oxygen atoms in total. The van der Waals surface area contributed by atoms with Gasteiger partial charge in [0.25, 0.3) is 0 Å². The number of aryl methyl sites for hydroxylation is 1. The van der Waals surface area contributed by atoms with Gasteiger partial charge in [-0.15, -0.1) is 0 Å². The van der Waals surface area contributed by atoms with Gasteiger partial charge in [-0.2, -0.15) is 20.9 Å². The summed E-state index contributed by atoms with van der Waals surface area (Å²) < 4.78 is 1.86. The van der Waals surface area contributed by atoms with Gasteiger partial charge in [0.1, 0.15) is 6.07 Å². The maximum absolute atomic E-state index is 9.96. The van der Waals surface area contributed by atoms with E-state index in [9.17, 15) is 15.8 Å². The van der Waals surface area contributed by atoms with Crippen molar-refractivity contribution < 1.29 is 0 Å². The van der Waals surface area contributed by atoms with Crippen molar-refractivity contribution in [3.8, 4) is 18.2 Å². The lowest BCUT2D eigenvalue weighted by molar-refractivity contribution is 0.316. The van der Waals surface area contributed by atoms with Crippen LogP contribution in [0, 0.1) is 52.2 Å². The van der Waals surface area contributed by atoms with E-state index in [1.165, 1.54) is 0 Å². The van der Waals surface area contributed by atoms with E-state index in [1.54, 1.807) is 6.20 Å². The molecule has 0 fully saturated rings. The third-order valence-corrected chi connectivity index (χ3v) is 5.57. The van der Waals surface area contributed by atoms with Crippen molar-refractivity contribution in [2.24, 2.45) is 17.1 Å². The van der Waals surface area contributed by atoms with Crippen LogP contribution in [0.5, 0.6) is 0 Å². The van der Waals surface area contributed by atoms with Gasteiger partial charge in [0.15, 0.2) is 5.41 Å². The Morgan fingerprint density at radius 3 is 2.64 bits per heavy atom. The summed E-state index contributed by atoms with van der Waals surface area (Å²) in [4.78, 5) is 0. The molecule has 3 rings (SSSR count). The fourth-order valence-electron chi connectivity index (χ4n) is 4.30. The van der Waals surface area contributed by atoms with Crippen molar-refractivity contribution in [3.63, 3.8) is 0 Å². The van der Waals surface area contributed by atoms with E-state index in [0.717, 1.165) is 36.1 Å². The lowest BCUT2D eigenvalue weighted by Crippen LogP contribution is -2.42. The van der Waals surface area contributed by atoms with Crippen LogP contribution in [0.25, 0.3) is 0 Å². The molecule has 0 aliphatic heterocycles. The van der Waals surface area contributed by atoms with Crippen LogP contribution in [0.4, 0.5) is 0 Å². The quantitative estimate of drug-likeness (QED) is 0.894. The van der Waals surface area contributed by atoms with E-state index in [4.69, 9.17) is 5.73 Å². The number of aromatic nitrogens is 2. The first-order valence-electron chi connectivity index (χ1n) is 8.51. The highest BCUT2D eigenvalue weighted by Gasteiger charge is 2.54. The Bertz CT molecular complexity index is 882. The van der Waals surface area contributed by atoms with Crippen LogP contribution in [0.15, 0.2) is 29.1 Å². The number of allylic oxidation sites excluding steroid dienone is 4. The topological polar surface area (TPSA) is 115 Å². The van der Waals surface area contributed by atoms with Gasteiger partial charge in [-0.25, -0.2) is 0 Å². The molecule has 0 saturated carbocycles. The second kappa shape index (κ2) is 6.11. The third-order valence-electron chi connectivity index (χ3n) is 5.57. The molecule has 6 heteroatoms. The van der Waals surface area contributed by atoms with Gasteiger partial charge in [-0.1, -0.05) is 6.08 Å². The number of nitrogens with two attached hydrogens (primary N) is 1. The van der Waals surface area contributed by atoms with Gasteiger partial charge in [-0.05, 0) is 50.2 Å². The molecule has 1 heterocycles. The number of nitrogens with zero attached hydrogens (tertiary/aromatic N) is 5. The summed E-state index contributed by atoms with van der Waals surface area (Å²) in [5.41, 5.74) is 7.82. The minimum atomic E-state index is -1.54. The van der Waals surface area contributed by atoms with E-state index in [1.807, 2.05) is 24.6 Å². The smallest absolute Gasteiger partial charge is 0.191 e. The van der Waals surface area contributed by atoms with Crippen LogP contribution >= 0.6 is 0 Å². The molecule has 2 N–H and O–H groups in total. The molecule has 126 valence electrons. The maximum Gasteiger partial charge on any atom is 0.191 e. The van der Waals surface area contributed by atoms with Crippen LogP contribution in [-0.2, 0) is 6.54 Å². The normalized spacial score (nSPS) is 24.5. The Kier molecular flexibility index (Phi) is 4.11. The van der Waals surface area contributed by atoms with Gasteiger partial charge < -0.3 is 5.73 Å². The third kappa shape index (κ3) is 2.17. The summed E-state index contributed by atoms with van der Waals surface area (Å²) in [7, 11) is 0. The van der Waals surface area contributed by atoms with Crippen molar-refractivity contribution in [2.75, 3.05) is 0 Å². The Labute approximate surface area is 147 Å². The Morgan fingerprint density at radius 2 is 2.08 bits per heavy atom. The van der Waals surface area contributed by atoms with Gasteiger partial charge in [-0.3, -0.25) is 4.68 Å². The molecule has 0 aromatic carbocycles. The summed E-state index contributed by atoms with van der Waals surface area (Å²) in [5, 5.41) is 33.9. The summed E-state index contributed by atoms with van der Waals surface area (Å²) in [6.45, 7) is 4.67. The van der Waals surface area contributed by atoms with Crippen molar-refractivity contribution in [2.45, 2.75) is 45.6 Å². The minimum Gasteiger partial charge on any atom is -0.399 e. The molecule has 0 radical (unpaired) electrons. The molecule has 2 aliphatic rings.